The van der Waals surface area contributed by atoms with E-state index in [1.807, 2.05) is 0 Å². The molecule has 0 aromatic carbocycles. The number of carboxylic acids is 1. The number of carboxylic acid groups (broad SMARTS) is 1. The maximum absolute atomic E-state index is 12.4. The highest BCUT2D eigenvalue weighted by molar-refractivity contribution is 5.93. The molecular weight excluding hydrogens is 372 g/mol. The summed E-state index contributed by atoms with van der Waals surface area (Å²) in [5.74, 6) is -3.02. The van der Waals surface area contributed by atoms with Crippen molar-refractivity contribution in [3.05, 3.63) is 18.2 Å². The first-order chi connectivity index (χ1) is 13.3. The molecule has 0 aliphatic carbocycles. The van der Waals surface area contributed by atoms with Crippen LogP contribution in [-0.2, 0) is 25.6 Å². The summed E-state index contributed by atoms with van der Waals surface area (Å²) in [7, 11) is 0. The number of nitrogens with zero attached hydrogens (tertiary/aromatic N) is 2. The van der Waals surface area contributed by atoms with Gasteiger partial charge in [0.15, 0.2) is 0 Å². The number of rotatable bonds is 9. The van der Waals surface area contributed by atoms with Gasteiger partial charge in [-0.05, 0) is 12.8 Å². The minimum Gasteiger partial charge on any atom is -0.480 e. The second kappa shape index (κ2) is 9.80. The number of imidazole rings is 1. The quantitative estimate of drug-likeness (QED) is 0.253. The van der Waals surface area contributed by atoms with Crippen LogP contribution >= 0.6 is 0 Å². The lowest BCUT2D eigenvalue weighted by Gasteiger charge is -2.25. The van der Waals surface area contributed by atoms with Crippen LogP contribution in [0.3, 0.4) is 0 Å². The molecule has 0 radical (unpaired) electrons. The highest BCUT2D eigenvalue weighted by Gasteiger charge is 2.35. The maximum atomic E-state index is 12.4. The molecule has 1 aliphatic rings. The molecule has 28 heavy (non-hydrogen) atoms. The van der Waals surface area contributed by atoms with Crippen LogP contribution in [0.15, 0.2) is 12.5 Å². The number of H-pyrrole nitrogens is 1. The topological polar surface area (TPSA) is 191 Å². The van der Waals surface area contributed by atoms with E-state index in [0.29, 0.717) is 25.1 Å². The van der Waals surface area contributed by atoms with E-state index in [0.717, 1.165) is 0 Å². The van der Waals surface area contributed by atoms with Crippen molar-refractivity contribution in [3.8, 4) is 0 Å². The van der Waals surface area contributed by atoms with E-state index in [2.05, 4.69) is 20.6 Å². The smallest absolute Gasteiger partial charge is 0.328 e. The van der Waals surface area contributed by atoms with Crippen molar-refractivity contribution in [3.63, 3.8) is 0 Å². The van der Waals surface area contributed by atoms with Crippen LogP contribution in [0, 0.1) is 0 Å². The number of aromatic nitrogens is 2. The number of likely N-dealkylation sites (tertiary alicyclic amines) is 1. The van der Waals surface area contributed by atoms with E-state index >= 15 is 0 Å². The Morgan fingerprint density at radius 3 is 2.75 bits per heavy atom. The fourth-order valence-corrected chi connectivity index (χ4v) is 2.91. The zero-order chi connectivity index (χ0) is 20.7. The SMILES string of the molecule is NC(Cc1cnc[nH]1)C(=O)NCC(=O)N1CCCC1C(=O)NC(CO)C(=O)O. The number of amides is 3. The van der Waals surface area contributed by atoms with E-state index < -0.39 is 48.4 Å². The largest absolute Gasteiger partial charge is 0.480 e. The van der Waals surface area contributed by atoms with Gasteiger partial charge in [-0.3, -0.25) is 14.4 Å². The van der Waals surface area contributed by atoms with Gasteiger partial charge in [0.1, 0.15) is 12.1 Å². The van der Waals surface area contributed by atoms with Crippen LogP contribution in [-0.4, -0.2) is 86.6 Å². The maximum Gasteiger partial charge on any atom is 0.328 e. The molecule has 3 unspecified atom stereocenters. The van der Waals surface area contributed by atoms with Gasteiger partial charge >= 0.3 is 5.97 Å². The number of aliphatic hydroxyl groups is 1. The molecule has 0 spiro atoms. The lowest BCUT2D eigenvalue weighted by atomic mass is 10.1. The fraction of sp³-hybridized carbons (Fsp3) is 0.562. The number of carbonyl (C=O) groups is 4. The van der Waals surface area contributed by atoms with Gasteiger partial charge in [-0.1, -0.05) is 0 Å². The van der Waals surface area contributed by atoms with E-state index in [9.17, 15) is 19.2 Å². The summed E-state index contributed by atoms with van der Waals surface area (Å²) in [6.45, 7) is -0.780. The summed E-state index contributed by atoms with van der Waals surface area (Å²) in [5, 5.41) is 22.6. The zero-order valence-corrected chi connectivity index (χ0v) is 15.1. The summed E-state index contributed by atoms with van der Waals surface area (Å²) in [6.07, 6.45) is 4.17. The molecule has 1 aromatic heterocycles. The van der Waals surface area contributed by atoms with Crippen molar-refractivity contribution < 1.29 is 29.4 Å². The second-order valence-corrected chi connectivity index (χ2v) is 6.43. The number of aromatic amines is 1. The van der Waals surface area contributed by atoms with Crippen LogP contribution in [0.2, 0.25) is 0 Å². The van der Waals surface area contributed by atoms with Gasteiger partial charge in [-0.15, -0.1) is 0 Å². The van der Waals surface area contributed by atoms with Crippen molar-refractivity contribution in [2.75, 3.05) is 19.7 Å². The Balaban J connectivity index is 1.85. The van der Waals surface area contributed by atoms with Gasteiger partial charge in [-0.25, -0.2) is 9.78 Å². The van der Waals surface area contributed by atoms with Crippen LogP contribution in [0.4, 0.5) is 0 Å². The number of nitrogens with one attached hydrogen (secondary N) is 3. The number of hydrogen-bond acceptors (Lipinski definition) is 7. The van der Waals surface area contributed by atoms with Crippen molar-refractivity contribution >= 4 is 23.7 Å². The standard InChI is InChI=1S/C16H24N6O6/c17-10(4-9-5-18-8-20-9)14(25)19-6-13(24)22-3-1-2-12(22)15(26)21-11(7-23)16(27)28/h5,8,10-12,23H,1-4,6-7,17H2,(H,18,20)(H,19,25)(H,21,26)(H,27,28). The van der Waals surface area contributed by atoms with E-state index in [1.54, 1.807) is 6.20 Å². The van der Waals surface area contributed by atoms with Crippen molar-refractivity contribution in [1.82, 2.24) is 25.5 Å². The van der Waals surface area contributed by atoms with E-state index in [4.69, 9.17) is 15.9 Å². The van der Waals surface area contributed by atoms with E-state index in [-0.39, 0.29) is 13.0 Å². The summed E-state index contributed by atoms with van der Waals surface area (Å²) in [5.41, 5.74) is 6.48. The fourth-order valence-electron chi connectivity index (χ4n) is 2.91. The van der Waals surface area contributed by atoms with Crippen LogP contribution < -0.4 is 16.4 Å². The molecule has 1 fully saturated rings. The van der Waals surface area contributed by atoms with Gasteiger partial charge in [0, 0.05) is 24.9 Å². The van der Waals surface area contributed by atoms with Crippen LogP contribution in [0.1, 0.15) is 18.5 Å². The first-order valence-corrected chi connectivity index (χ1v) is 8.77. The average Bonchev–Trinajstić information content (AvgIpc) is 3.34. The molecule has 2 rings (SSSR count). The van der Waals surface area contributed by atoms with Gasteiger partial charge in [0.2, 0.25) is 17.7 Å². The first-order valence-electron chi connectivity index (χ1n) is 8.77. The number of carbonyl (C=O) groups excluding carboxylic acids is 3. The highest BCUT2D eigenvalue weighted by atomic mass is 16.4. The number of aliphatic carboxylic acids is 1. The van der Waals surface area contributed by atoms with Crippen molar-refractivity contribution in [1.29, 1.82) is 0 Å². The lowest BCUT2D eigenvalue weighted by molar-refractivity contribution is -0.144. The number of nitrogens with two attached hydrogens (primary N) is 1. The Hall–Kier alpha value is -2.99. The molecule has 1 saturated heterocycles. The third-order valence-electron chi connectivity index (χ3n) is 4.42. The Kier molecular flexibility index (Phi) is 7.46. The monoisotopic (exact) mass is 396 g/mol. The molecule has 3 amide bonds. The van der Waals surface area contributed by atoms with Gasteiger partial charge in [0.25, 0.3) is 0 Å². The Bertz CT molecular complexity index is 708. The van der Waals surface area contributed by atoms with Gasteiger partial charge in [-0.2, -0.15) is 0 Å². The highest BCUT2D eigenvalue weighted by Crippen LogP contribution is 2.17. The molecule has 1 aliphatic heterocycles. The van der Waals surface area contributed by atoms with Gasteiger partial charge < -0.3 is 36.5 Å². The molecule has 1 aromatic rings. The molecule has 3 atom stereocenters. The first kappa shape index (κ1) is 21.3. The molecular formula is C16H24N6O6. The normalized spacial score (nSPS) is 18.4. The number of aliphatic hydroxyl groups excluding tert-OH is 1. The minimum absolute atomic E-state index is 0.229. The summed E-state index contributed by atoms with van der Waals surface area (Å²) in [6, 6.07) is -3.16. The molecule has 2 heterocycles. The molecule has 7 N–H and O–H groups in total. The lowest BCUT2D eigenvalue weighted by Crippen LogP contribution is -2.54. The van der Waals surface area contributed by atoms with Crippen LogP contribution in [0.25, 0.3) is 0 Å². The van der Waals surface area contributed by atoms with Crippen molar-refractivity contribution in [2.24, 2.45) is 5.73 Å². The molecule has 0 bridgehead atoms. The molecule has 12 nitrogen and oxygen atoms in total. The average molecular weight is 396 g/mol. The third-order valence-corrected chi connectivity index (χ3v) is 4.42. The van der Waals surface area contributed by atoms with Crippen LogP contribution in [0.5, 0.6) is 0 Å². The Morgan fingerprint density at radius 1 is 1.39 bits per heavy atom. The predicted molar refractivity (Wildman–Crippen MR) is 94.7 cm³/mol. The Labute approximate surface area is 160 Å². The minimum atomic E-state index is -1.44. The predicted octanol–water partition coefficient (Wildman–Crippen LogP) is -3.05. The zero-order valence-electron chi connectivity index (χ0n) is 15.1. The summed E-state index contributed by atoms with van der Waals surface area (Å²) in [4.78, 5) is 55.6. The molecule has 0 saturated carbocycles. The van der Waals surface area contributed by atoms with Gasteiger partial charge in [0.05, 0.1) is 25.5 Å². The Morgan fingerprint density at radius 2 is 2.14 bits per heavy atom. The van der Waals surface area contributed by atoms with Crippen molar-refractivity contribution in [2.45, 2.75) is 37.4 Å². The number of hydrogen-bond donors (Lipinski definition) is 6. The second-order valence-electron chi connectivity index (χ2n) is 6.43. The molecule has 154 valence electrons. The summed E-state index contributed by atoms with van der Waals surface area (Å²) < 4.78 is 0. The third kappa shape index (κ3) is 5.50. The van der Waals surface area contributed by atoms with E-state index in [1.165, 1.54) is 11.2 Å². The summed E-state index contributed by atoms with van der Waals surface area (Å²) >= 11 is 0. The molecule has 12 heteroatoms.